The van der Waals surface area contributed by atoms with Gasteiger partial charge in [0, 0.05) is 25.7 Å². The molecule has 0 bridgehead atoms. The van der Waals surface area contributed by atoms with Gasteiger partial charge in [-0.05, 0) is 48.4 Å². The molecule has 26 heavy (non-hydrogen) atoms. The summed E-state index contributed by atoms with van der Waals surface area (Å²) >= 11 is 0. The molecule has 1 aliphatic rings. The summed E-state index contributed by atoms with van der Waals surface area (Å²) in [6.07, 6.45) is 1.74. The molecule has 0 aromatic heterocycles. The van der Waals surface area contributed by atoms with Gasteiger partial charge in [0.25, 0.3) is 0 Å². The van der Waals surface area contributed by atoms with Gasteiger partial charge in [0.05, 0.1) is 6.04 Å². The fourth-order valence-electron chi connectivity index (χ4n) is 3.06. The maximum Gasteiger partial charge on any atom is 0.320 e. The second kappa shape index (κ2) is 7.15. The van der Waals surface area contributed by atoms with Crippen molar-refractivity contribution in [1.29, 1.82) is 0 Å². The van der Waals surface area contributed by atoms with Gasteiger partial charge in [-0.3, -0.25) is 0 Å². The molecule has 2 aromatic carbocycles. The Morgan fingerprint density at radius 1 is 1.27 bits per heavy atom. The predicted octanol–water partition coefficient (Wildman–Crippen LogP) is 4.18. The summed E-state index contributed by atoms with van der Waals surface area (Å²) in [6, 6.07) is 9.18. The van der Waals surface area contributed by atoms with Gasteiger partial charge in [0.2, 0.25) is 0 Å². The first-order valence-corrected chi connectivity index (χ1v) is 8.37. The molecule has 1 atom stereocenters. The molecule has 1 heterocycles. The number of carbonyl (C=O) groups is 1. The largest absolute Gasteiger partial charge is 0.508 e. The molecule has 2 aromatic rings. The zero-order valence-corrected chi connectivity index (χ0v) is 14.6. The van der Waals surface area contributed by atoms with Crippen LogP contribution in [-0.4, -0.2) is 41.1 Å². The van der Waals surface area contributed by atoms with Crippen LogP contribution in [0.3, 0.4) is 0 Å². The van der Waals surface area contributed by atoms with Crippen LogP contribution in [0.2, 0.25) is 0 Å². The zero-order valence-electron chi connectivity index (χ0n) is 14.6. The molecular weight excluding hydrogens is 338 g/mol. The van der Waals surface area contributed by atoms with Crippen molar-refractivity contribution in [3.05, 3.63) is 71.3 Å². The lowest BCUT2D eigenvalue weighted by atomic mass is 10.0. The Morgan fingerprint density at radius 3 is 2.73 bits per heavy atom. The van der Waals surface area contributed by atoms with Crippen LogP contribution in [0.1, 0.15) is 24.1 Å². The summed E-state index contributed by atoms with van der Waals surface area (Å²) in [6.45, 7) is 2.54. The monoisotopic (exact) mass is 358 g/mol. The topological polar surface area (TPSA) is 43.8 Å². The van der Waals surface area contributed by atoms with Crippen molar-refractivity contribution >= 4 is 11.6 Å². The molecule has 2 amide bonds. The third-order valence-electron chi connectivity index (χ3n) is 4.57. The van der Waals surface area contributed by atoms with Gasteiger partial charge in [-0.15, -0.1) is 0 Å². The lowest BCUT2D eigenvalue weighted by Crippen LogP contribution is -2.41. The van der Waals surface area contributed by atoms with Gasteiger partial charge in [-0.2, -0.15) is 0 Å². The molecular formula is C20H20F2N2O2. The van der Waals surface area contributed by atoms with Crippen LogP contribution in [0, 0.1) is 11.6 Å². The summed E-state index contributed by atoms with van der Waals surface area (Å²) in [7, 11) is 1.68. The van der Waals surface area contributed by atoms with Crippen molar-refractivity contribution in [2.45, 2.75) is 13.0 Å². The number of benzene rings is 2. The lowest BCUT2D eigenvalue weighted by Gasteiger charge is -2.29. The molecule has 1 unspecified atom stereocenters. The Morgan fingerprint density at radius 2 is 2.04 bits per heavy atom. The van der Waals surface area contributed by atoms with E-state index < -0.39 is 17.7 Å². The Kier molecular flexibility index (Phi) is 4.93. The first-order valence-electron chi connectivity index (χ1n) is 8.37. The van der Waals surface area contributed by atoms with Crippen molar-refractivity contribution < 1.29 is 18.7 Å². The SMILES string of the molecule is CCN(C)C(=O)N1CC(c2cc(F)ccc2F)=CC1c1cccc(O)c1. The molecule has 6 heteroatoms. The smallest absolute Gasteiger partial charge is 0.320 e. The molecule has 1 aliphatic heterocycles. The van der Waals surface area contributed by atoms with Crippen LogP contribution < -0.4 is 0 Å². The Hall–Kier alpha value is -2.89. The third kappa shape index (κ3) is 3.40. The lowest BCUT2D eigenvalue weighted by molar-refractivity contribution is 0.164. The average molecular weight is 358 g/mol. The van der Waals surface area contributed by atoms with E-state index in [1.165, 1.54) is 0 Å². The van der Waals surface area contributed by atoms with E-state index in [9.17, 15) is 18.7 Å². The number of amides is 2. The number of aromatic hydroxyl groups is 1. The Labute approximate surface area is 151 Å². The number of halogens is 2. The second-order valence-corrected chi connectivity index (χ2v) is 6.28. The van der Waals surface area contributed by atoms with Crippen LogP contribution in [0.4, 0.5) is 13.6 Å². The predicted molar refractivity (Wildman–Crippen MR) is 95.6 cm³/mol. The molecule has 4 nitrogen and oxygen atoms in total. The van der Waals surface area contributed by atoms with Gasteiger partial charge >= 0.3 is 6.03 Å². The maximum atomic E-state index is 14.2. The van der Waals surface area contributed by atoms with Crippen molar-refractivity contribution in [3.8, 4) is 5.75 Å². The van der Waals surface area contributed by atoms with E-state index in [-0.39, 0.29) is 23.9 Å². The first-order chi connectivity index (χ1) is 12.4. The molecule has 3 rings (SSSR count). The molecule has 0 radical (unpaired) electrons. The first kappa shape index (κ1) is 17.9. The average Bonchev–Trinajstić information content (AvgIpc) is 3.07. The molecule has 1 N–H and O–H groups in total. The maximum absolute atomic E-state index is 14.2. The molecule has 0 spiro atoms. The zero-order chi connectivity index (χ0) is 18.8. The molecule has 0 aliphatic carbocycles. The highest BCUT2D eigenvalue weighted by atomic mass is 19.1. The van der Waals surface area contributed by atoms with E-state index in [1.54, 1.807) is 47.2 Å². The van der Waals surface area contributed by atoms with E-state index >= 15 is 0 Å². The summed E-state index contributed by atoms with van der Waals surface area (Å²) in [5.41, 5.74) is 1.38. The van der Waals surface area contributed by atoms with E-state index in [4.69, 9.17) is 0 Å². The highest BCUT2D eigenvalue weighted by Crippen LogP contribution is 2.37. The van der Waals surface area contributed by atoms with E-state index in [2.05, 4.69) is 0 Å². The minimum absolute atomic E-state index is 0.0810. The third-order valence-corrected chi connectivity index (χ3v) is 4.57. The standard InChI is InChI=1S/C20H20F2N2O2/c1-3-23(2)20(26)24-12-14(17-11-15(21)7-8-18(17)22)10-19(24)13-5-4-6-16(25)9-13/h4-11,19,25H,3,12H2,1-2H3. The van der Waals surface area contributed by atoms with Gasteiger partial charge in [-0.25, -0.2) is 13.6 Å². The van der Waals surface area contributed by atoms with E-state index in [1.807, 2.05) is 6.92 Å². The number of nitrogens with zero attached hydrogens (tertiary/aromatic N) is 2. The van der Waals surface area contributed by atoms with Crippen LogP contribution in [0.5, 0.6) is 5.75 Å². The number of hydrogen-bond donors (Lipinski definition) is 1. The molecule has 0 saturated heterocycles. The van der Waals surface area contributed by atoms with Gasteiger partial charge in [0.1, 0.15) is 17.4 Å². The number of urea groups is 1. The number of hydrogen-bond acceptors (Lipinski definition) is 2. The quantitative estimate of drug-likeness (QED) is 0.894. The van der Waals surface area contributed by atoms with Crippen molar-refractivity contribution in [2.75, 3.05) is 20.1 Å². The Bertz CT molecular complexity index is 867. The minimum Gasteiger partial charge on any atom is -0.508 e. The highest BCUT2D eigenvalue weighted by molar-refractivity contribution is 5.82. The minimum atomic E-state index is -0.537. The second-order valence-electron chi connectivity index (χ2n) is 6.28. The molecule has 0 saturated carbocycles. The van der Waals surface area contributed by atoms with Crippen molar-refractivity contribution in [1.82, 2.24) is 9.80 Å². The van der Waals surface area contributed by atoms with Gasteiger partial charge in [0.15, 0.2) is 0 Å². The molecule has 136 valence electrons. The summed E-state index contributed by atoms with van der Waals surface area (Å²) in [5.74, 6) is -0.991. The fraction of sp³-hybridized carbons (Fsp3) is 0.250. The summed E-state index contributed by atoms with van der Waals surface area (Å²) < 4.78 is 27.8. The number of phenols is 1. The normalized spacial score (nSPS) is 16.5. The van der Waals surface area contributed by atoms with Crippen LogP contribution in [-0.2, 0) is 0 Å². The van der Waals surface area contributed by atoms with Crippen LogP contribution in [0.25, 0.3) is 5.57 Å². The number of rotatable bonds is 3. The highest BCUT2D eigenvalue weighted by Gasteiger charge is 2.33. The van der Waals surface area contributed by atoms with E-state index in [0.717, 1.165) is 18.2 Å². The van der Waals surface area contributed by atoms with Crippen LogP contribution >= 0.6 is 0 Å². The fourth-order valence-corrected chi connectivity index (χ4v) is 3.06. The van der Waals surface area contributed by atoms with Crippen LogP contribution in [0.15, 0.2) is 48.5 Å². The van der Waals surface area contributed by atoms with Crippen molar-refractivity contribution in [2.24, 2.45) is 0 Å². The molecule has 0 fully saturated rings. The van der Waals surface area contributed by atoms with Gasteiger partial charge in [-0.1, -0.05) is 18.2 Å². The van der Waals surface area contributed by atoms with E-state index in [0.29, 0.717) is 17.7 Å². The summed E-state index contributed by atoms with van der Waals surface area (Å²) in [5, 5.41) is 9.77. The number of carbonyl (C=O) groups excluding carboxylic acids is 1. The Balaban J connectivity index is 2.04. The number of phenolic OH excluding ortho intramolecular Hbond substituents is 1. The van der Waals surface area contributed by atoms with Crippen molar-refractivity contribution in [3.63, 3.8) is 0 Å². The van der Waals surface area contributed by atoms with Gasteiger partial charge < -0.3 is 14.9 Å². The summed E-state index contributed by atoms with van der Waals surface area (Å²) in [4.78, 5) is 15.9.